The number of aromatic carboxylic acids is 1. The zero-order valence-electron chi connectivity index (χ0n) is 10.0. The van der Waals surface area contributed by atoms with Crippen LogP contribution in [0.3, 0.4) is 0 Å². The molecule has 1 aromatic rings. The van der Waals surface area contributed by atoms with E-state index in [1.165, 1.54) is 12.1 Å². The third-order valence-corrected chi connectivity index (χ3v) is 3.05. The molecule has 18 heavy (non-hydrogen) atoms. The van der Waals surface area contributed by atoms with E-state index in [4.69, 9.17) is 5.11 Å². The number of hydrogen-bond donors (Lipinski definition) is 1. The molecule has 5 heteroatoms. The highest BCUT2D eigenvalue weighted by atomic mass is 19.1. The third kappa shape index (κ3) is 2.50. The standard InChI is InChI=1S/C13H14FNO3/c1-8-4-12(16)15(6-8)7-9-2-3-10(13(17)18)11(14)5-9/h2-3,5,8H,4,6-7H2,1H3,(H,17,18). The Balaban J connectivity index is 2.13. The number of halogens is 1. The second-order valence-corrected chi connectivity index (χ2v) is 4.70. The Hall–Kier alpha value is -1.91. The number of hydrogen-bond acceptors (Lipinski definition) is 2. The van der Waals surface area contributed by atoms with Gasteiger partial charge in [0, 0.05) is 19.5 Å². The van der Waals surface area contributed by atoms with Gasteiger partial charge in [-0.2, -0.15) is 0 Å². The Labute approximate surface area is 104 Å². The van der Waals surface area contributed by atoms with E-state index in [1.807, 2.05) is 6.92 Å². The molecule has 4 nitrogen and oxygen atoms in total. The lowest BCUT2D eigenvalue weighted by molar-refractivity contribution is -0.128. The van der Waals surface area contributed by atoms with Crippen LogP contribution in [0.25, 0.3) is 0 Å². The lowest BCUT2D eigenvalue weighted by Crippen LogP contribution is -2.24. The normalized spacial score (nSPS) is 19.3. The number of likely N-dealkylation sites (tertiary alicyclic amines) is 1. The maximum absolute atomic E-state index is 13.5. The molecule has 1 atom stereocenters. The molecule has 0 radical (unpaired) electrons. The highest BCUT2D eigenvalue weighted by molar-refractivity contribution is 5.88. The molecule has 1 aromatic carbocycles. The smallest absolute Gasteiger partial charge is 0.338 e. The van der Waals surface area contributed by atoms with Crippen LogP contribution < -0.4 is 0 Å². The number of carbonyl (C=O) groups excluding carboxylic acids is 1. The van der Waals surface area contributed by atoms with Gasteiger partial charge in [0.05, 0.1) is 5.56 Å². The summed E-state index contributed by atoms with van der Waals surface area (Å²) >= 11 is 0. The highest BCUT2D eigenvalue weighted by Crippen LogP contribution is 2.20. The molecule has 0 spiro atoms. The molecule has 96 valence electrons. The number of benzene rings is 1. The fourth-order valence-corrected chi connectivity index (χ4v) is 2.17. The van der Waals surface area contributed by atoms with Gasteiger partial charge in [-0.3, -0.25) is 4.79 Å². The minimum absolute atomic E-state index is 0.0604. The molecule has 0 aliphatic carbocycles. The number of rotatable bonds is 3. The van der Waals surface area contributed by atoms with Crippen molar-refractivity contribution in [2.75, 3.05) is 6.54 Å². The van der Waals surface area contributed by atoms with Gasteiger partial charge in [-0.05, 0) is 23.6 Å². The maximum Gasteiger partial charge on any atom is 0.338 e. The molecule has 0 saturated carbocycles. The average Bonchev–Trinajstić information content (AvgIpc) is 2.57. The fraction of sp³-hybridized carbons (Fsp3) is 0.385. The van der Waals surface area contributed by atoms with E-state index in [-0.39, 0.29) is 11.5 Å². The van der Waals surface area contributed by atoms with Crippen molar-refractivity contribution in [3.63, 3.8) is 0 Å². The largest absolute Gasteiger partial charge is 0.478 e. The summed E-state index contributed by atoms with van der Waals surface area (Å²) in [6.07, 6.45) is 0.524. The molecule has 1 aliphatic heterocycles. The molecule has 1 amide bonds. The van der Waals surface area contributed by atoms with E-state index in [9.17, 15) is 14.0 Å². The number of carboxylic acid groups (broad SMARTS) is 1. The van der Waals surface area contributed by atoms with E-state index < -0.39 is 11.8 Å². The summed E-state index contributed by atoms with van der Waals surface area (Å²) in [7, 11) is 0. The van der Waals surface area contributed by atoms with Crippen LogP contribution in [0.1, 0.15) is 29.3 Å². The summed E-state index contributed by atoms with van der Waals surface area (Å²) in [6.45, 7) is 2.99. The Morgan fingerprint density at radius 2 is 2.28 bits per heavy atom. The topological polar surface area (TPSA) is 57.6 Å². The number of carbonyl (C=O) groups is 2. The van der Waals surface area contributed by atoms with Gasteiger partial charge in [0.1, 0.15) is 5.82 Å². The van der Waals surface area contributed by atoms with Gasteiger partial charge in [0.25, 0.3) is 0 Å². The molecular weight excluding hydrogens is 237 g/mol. The van der Waals surface area contributed by atoms with Crippen molar-refractivity contribution in [1.29, 1.82) is 0 Å². The average molecular weight is 251 g/mol. The zero-order chi connectivity index (χ0) is 13.3. The summed E-state index contributed by atoms with van der Waals surface area (Å²) in [5.41, 5.74) is 0.264. The van der Waals surface area contributed by atoms with Gasteiger partial charge in [-0.1, -0.05) is 13.0 Å². The van der Waals surface area contributed by atoms with E-state index in [0.717, 1.165) is 0 Å². The van der Waals surface area contributed by atoms with Gasteiger partial charge in [0.15, 0.2) is 0 Å². The van der Waals surface area contributed by atoms with Gasteiger partial charge in [-0.25, -0.2) is 9.18 Å². The van der Waals surface area contributed by atoms with Crippen molar-refractivity contribution in [3.05, 3.63) is 35.1 Å². The van der Waals surface area contributed by atoms with Crippen molar-refractivity contribution in [1.82, 2.24) is 4.90 Å². The third-order valence-electron chi connectivity index (χ3n) is 3.05. The lowest BCUT2D eigenvalue weighted by Gasteiger charge is -2.16. The molecule has 0 bridgehead atoms. The van der Waals surface area contributed by atoms with Crippen molar-refractivity contribution in [2.45, 2.75) is 19.9 Å². The molecule has 0 aromatic heterocycles. The van der Waals surface area contributed by atoms with Crippen molar-refractivity contribution >= 4 is 11.9 Å². The van der Waals surface area contributed by atoms with Crippen LogP contribution in [0.2, 0.25) is 0 Å². The minimum atomic E-state index is -1.29. The van der Waals surface area contributed by atoms with Gasteiger partial charge >= 0.3 is 5.97 Å². The molecule has 1 saturated heterocycles. The minimum Gasteiger partial charge on any atom is -0.478 e. The summed E-state index contributed by atoms with van der Waals surface area (Å²) < 4.78 is 13.5. The summed E-state index contributed by atoms with van der Waals surface area (Å²) in [5, 5.41) is 8.71. The van der Waals surface area contributed by atoms with Crippen LogP contribution >= 0.6 is 0 Å². The lowest BCUT2D eigenvalue weighted by atomic mass is 10.1. The Morgan fingerprint density at radius 1 is 1.56 bits per heavy atom. The quantitative estimate of drug-likeness (QED) is 0.892. The molecular formula is C13H14FNO3. The van der Waals surface area contributed by atoms with E-state index in [2.05, 4.69) is 0 Å². The molecule has 1 aliphatic rings. The van der Waals surface area contributed by atoms with Crippen LogP contribution in [0.4, 0.5) is 4.39 Å². The van der Waals surface area contributed by atoms with Gasteiger partial charge in [-0.15, -0.1) is 0 Å². The number of nitrogens with zero attached hydrogens (tertiary/aromatic N) is 1. The fourth-order valence-electron chi connectivity index (χ4n) is 2.17. The summed E-state index contributed by atoms with van der Waals surface area (Å²) in [6, 6.07) is 3.96. The molecule has 1 unspecified atom stereocenters. The van der Waals surface area contributed by atoms with Crippen molar-refractivity contribution in [2.24, 2.45) is 5.92 Å². The predicted molar refractivity (Wildman–Crippen MR) is 62.6 cm³/mol. The molecule has 1 N–H and O–H groups in total. The first-order chi connectivity index (χ1) is 8.47. The zero-order valence-corrected chi connectivity index (χ0v) is 10.0. The van der Waals surface area contributed by atoms with E-state index in [1.54, 1.807) is 11.0 Å². The Morgan fingerprint density at radius 3 is 2.78 bits per heavy atom. The van der Waals surface area contributed by atoms with Crippen molar-refractivity contribution in [3.8, 4) is 0 Å². The van der Waals surface area contributed by atoms with Gasteiger partial charge in [0.2, 0.25) is 5.91 Å². The van der Waals surface area contributed by atoms with Crippen LogP contribution in [0.5, 0.6) is 0 Å². The first kappa shape index (κ1) is 12.5. The molecule has 1 heterocycles. The summed E-state index contributed by atoms with van der Waals surface area (Å²) in [4.78, 5) is 23.9. The first-order valence-corrected chi connectivity index (χ1v) is 5.77. The highest BCUT2D eigenvalue weighted by Gasteiger charge is 2.26. The Kier molecular flexibility index (Phi) is 3.32. The molecule has 2 rings (SSSR count). The second-order valence-electron chi connectivity index (χ2n) is 4.70. The van der Waals surface area contributed by atoms with Crippen LogP contribution in [0, 0.1) is 11.7 Å². The van der Waals surface area contributed by atoms with Crippen LogP contribution in [0.15, 0.2) is 18.2 Å². The van der Waals surface area contributed by atoms with E-state index >= 15 is 0 Å². The van der Waals surface area contributed by atoms with Crippen LogP contribution in [-0.2, 0) is 11.3 Å². The SMILES string of the molecule is CC1CC(=O)N(Cc2ccc(C(=O)O)c(F)c2)C1. The maximum atomic E-state index is 13.5. The monoisotopic (exact) mass is 251 g/mol. The van der Waals surface area contributed by atoms with Crippen molar-refractivity contribution < 1.29 is 19.1 Å². The van der Waals surface area contributed by atoms with Gasteiger partial charge < -0.3 is 10.0 Å². The number of amides is 1. The molecule has 1 fully saturated rings. The predicted octanol–water partition coefficient (Wildman–Crippen LogP) is 1.89. The Bertz CT molecular complexity index is 501. The van der Waals surface area contributed by atoms with Crippen LogP contribution in [-0.4, -0.2) is 28.4 Å². The first-order valence-electron chi connectivity index (χ1n) is 5.77. The van der Waals surface area contributed by atoms with E-state index in [0.29, 0.717) is 31.0 Å². The number of carboxylic acids is 1. The second kappa shape index (κ2) is 4.76. The summed E-state index contributed by atoms with van der Waals surface area (Å²) in [5.74, 6) is -1.67.